The van der Waals surface area contributed by atoms with Gasteiger partial charge in [0.25, 0.3) is 20.8 Å². The Kier molecular flexibility index (Phi) is 7.99. The van der Waals surface area contributed by atoms with E-state index in [9.17, 15) is 25.9 Å². The molecule has 0 bridgehead atoms. The molecule has 3 aromatic carbocycles. The van der Waals surface area contributed by atoms with Crippen molar-refractivity contribution in [3.63, 3.8) is 0 Å². The normalized spacial score (nSPS) is 11.5. The summed E-state index contributed by atoms with van der Waals surface area (Å²) in [7, 11) is -10.3. The number of nitrogens with two attached hydrogens (primary N) is 1. The molecule has 0 heterocycles. The van der Waals surface area contributed by atoms with E-state index in [1.54, 1.807) is 0 Å². The predicted octanol–water partition coefficient (Wildman–Crippen LogP) is -4.74. The van der Waals surface area contributed by atoms with Gasteiger partial charge in [-0.2, -0.15) is 0 Å². The van der Waals surface area contributed by atoms with Crippen LogP contribution in [0.5, 0.6) is 11.5 Å². The van der Waals surface area contributed by atoms with Crippen molar-refractivity contribution in [2.24, 2.45) is 0 Å². The molecule has 0 unspecified atom stereocenters. The average molecular weight is 429 g/mol. The summed E-state index contributed by atoms with van der Waals surface area (Å²) in [5.74, 6) is -0.724. The van der Waals surface area contributed by atoms with Crippen LogP contribution in [0.2, 0.25) is 0 Å². The average Bonchev–Trinajstić information content (AvgIpc) is 2.48. The van der Waals surface area contributed by atoms with Crippen molar-refractivity contribution < 1.29 is 93.4 Å². The third-order valence-corrected chi connectivity index (χ3v) is 4.10. The molecule has 3 aromatic rings. The SMILES string of the molecule is Nc1cccc2c(OS(=O)(=O)[O-])c3ccccc3c(OS(=O)(=O)[O-])c12.[Na+].[Na+]. The molecule has 0 saturated carbocycles. The van der Waals surface area contributed by atoms with Gasteiger partial charge >= 0.3 is 59.1 Å². The van der Waals surface area contributed by atoms with Crippen LogP contribution >= 0.6 is 0 Å². The molecule has 3 rings (SSSR count). The summed E-state index contributed by atoms with van der Waals surface area (Å²) >= 11 is 0. The second-order valence-electron chi connectivity index (χ2n) is 4.96. The fourth-order valence-corrected chi connectivity index (χ4v) is 3.31. The van der Waals surface area contributed by atoms with Crippen molar-refractivity contribution >= 4 is 48.0 Å². The molecule has 0 aliphatic rings. The van der Waals surface area contributed by atoms with Crippen molar-refractivity contribution in [2.75, 3.05) is 5.73 Å². The Morgan fingerprint density at radius 3 is 1.67 bits per heavy atom. The van der Waals surface area contributed by atoms with E-state index in [0.717, 1.165) is 0 Å². The topological polar surface area (TPSA) is 159 Å². The molecule has 0 aromatic heterocycles. The first-order valence-electron chi connectivity index (χ1n) is 6.60. The van der Waals surface area contributed by atoms with Crippen LogP contribution in [0.3, 0.4) is 0 Å². The minimum Gasteiger partial charge on any atom is -0.716 e. The molecule has 13 heteroatoms. The summed E-state index contributed by atoms with van der Waals surface area (Å²) in [4.78, 5) is 0. The first-order valence-corrected chi connectivity index (χ1v) is 9.27. The number of rotatable bonds is 4. The number of nitrogen functional groups attached to an aromatic ring is 1. The molecule has 9 nitrogen and oxygen atoms in total. The molecule has 0 aliphatic heterocycles. The second-order valence-corrected chi connectivity index (χ2v) is 6.92. The van der Waals surface area contributed by atoms with Crippen LogP contribution in [-0.4, -0.2) is 25.9 Å². The maximum absolute atomic E-state index is 11.1. The number of fused-ring (bicyclic) bond motifs is 2. The zero-order valence-electron chi connectivity index (χ0n) is 14.2. The third-order valence-electron chi connectivity index (χ3n) is 3.36. The van der Waals surface area contributed by atoms with E-state index >= 15 is 0 Å². The van der Waals surface area contributed by atoms with Crippen molar-refractivity contribution in [1.82, 2.24) is 0 Å². The Labute approximate surface area is 199 Å². The number of benzene rings is 3. The van der Waals surface area contributed by atoms with Gasteiger partial charge in [-0.25, -0.2) is 16.8 Å². The van der Waals surface area contributed by atoms with Gasteiger partial charge in [-0.15, -0.1) is 0 Å². The fraction of sp³-hybridized carbons (Fsp3) is 0. The molecular weight excluding hydrogens is 420 g/mol. The molecule has 0 spiro atoms. The molecule has 0 saturated heterocycles. The third kappa shape index (κ3) is 5.48. The van der Waals surface area contributed by atoms with Gasteiger partial charge in [-0.1, -0.05) is 36.4 Å². The van der Waals surface area contributed by atoms with Gasteiger partial charge in [0, 0.05) is 21.8 Å². The molecule has 27 heavy (non-hydrogen) atoms. The van der Waals surface area contributed by atoms with Crippen LogP contribution in [-0.2, 0) is 20.8 Å². The number of anilines is 1. The maximum Gasteiger partial charge on any atom is 1.00 e. The van der Waals surface area contributed by atoms with Gasteiger partial charge in [0.2, 0.25) is 0 Å². The van der Waals surface area contributed by atoms with Crippen molar-refractivity contribution in [1.29, 1.82) is 0 Å². The van der Waals surface area contributed by atoms with Crippen LogP contribution in [0.1, 0.15) is 0 Å². The van der Waals surface area contributed by atoms with E-state index in [2.05, 4.69) is 8.37 Å². The largest absolute Gasteiger partial charge is 1.00 e. The van der Waals surface area contributed by atoms with Crippen molar-refractivity contribution in [2.45, 2.75) is 0 Å². The number of hydrogen-bond donors (Lipinski definition) is 1. The first kappa shape index (κ1) is 24.4. The van der Waals surface area contributed by atoms with E-state index in [0.29, 0.717) is 0 Å². The molecule has 0 radical (unpaired) electrons. The Balaban J connectivity index is 0.00000182. The minimum atomic E-state index is -5.15. The van der Waals surface area contributed by atoms with Gasteiger partial charge in [-0.05, 0) is 6.07 Å². The molecule has 0 fully saturated rings. The van der Waals surface area contributed by atoms with Gasteiger partial charge in [0.15, 0.2) is 11.5 Å². The summed E-state index contributed by atoms with van der Waals surface area (Å²) < 4.78 is 75.7. The van der Waals surface area contributed by atoms with Gasteiger partial charge in [-0.3, -0.25) is 0 Å². The molecule has 2 N–H and O–H groups in total. The van der Waals surface area contributed by atoms with Crippen molar-refractivity contribution in [3.8, 4) is 11.5 Å². The maximum atomic E-state index is 11.1. The first-order chi connectivity index (χ1) is 11.6. The van der Waals surface area contributed by atoms with Crippen LogP contribution in [0.4, 0.5) is 5.69 Å². The van der Waals surface area contributed by atoms with Crippen LogP contribution in [0.15, 0.2) is 42.5 Å². The van der Waals surface area contributed by atoms with E-state index in [1.165, 1.54) is 42.5 Å². The zero-order valence-corrected chi connectivity index (χ0v) is 19.8. The summed E-state index contributed by atoms with van der Waals surface area (Å²) in [5, 5.41) is 0.0145. The van der Waals surface area contributed by atoms with E-state index in [1.807, 2.05) is 0 Å². The monoisotopic (exact) mass is 429 g/mol. The molecule has 132 valence electrons. The van der Waals surface area contributed by atoms with Crippen LogP contribution in [0, 0.1) is 0 Å². The van der Waals surface area contributed by atoms with Crippen LogP contribution < -0.4 is 73.2 Å². The Hall–Kier alpha value is -0.600. The van der Waals surface area contributed by atoms with Gasteiger partial charge in [0.1, 0.15) is 0 Å². The van der Waals surface area contributed by atoms with E-state index in [-0.39, 0.29) is 97.8 Å². The smallest absolute Gasteiger partial charge is 0.716 e. The summed E-state index contributed by atoms with van der Waals surface area (Å²) in [5.41, 5.74) is 5.83. The minimum absolute atomic E-state index is 0. The van der Waals surface area contributed by atoms with E-state index < -0.39 is 20.8 Å². The Morgan fingerprint density at radius 2 is 1.15 bits per heavy atom. The zero-order chi connectivity index (χ0) is 18.4. The summed E-state index contributed by atoms with van der Waals surface area (Å²) in [6.07, 6.45) is 0. The summed E-state index contributed by atoms with van der Waals surface area (Å²) in [6.45, 7) is 0. The molecule has 0 amide bonds. The fourth-order valence-electron chi connectivity index (χ4n) is 2.55. The van der Waals surface area contributed by atoms with E-state index in [4.69, 9.17) is 5.73 Å². The van der Waals surface area contributed by atoms with Gasteiger partial charge < -0.3 is 23.2 Å². The Bertz CT molecular complexity index is 1210. The standard InChI is InChI=1S/C14H11NO8S2.2Na/c15-11-7-3-6-10-12(11)14(23-25(19,20)21)9-5-2-1-4-8(9)13(10)22-24(16,17)18;;/h1-7H,15H2,(H,16,17,18)(H,19,20,21);;/q;2*+1/p-2. The van der Waals surface area contributed by atoms with Gasteiger partial charge in [0.05, 0.1) is 5.39 Å². The predicted molar refractivity (Wildman–Crippen MR) is 86.5 cm³/mol. The second kappa shape index (κ2) is 8.82. The van der Waals surface area contributed by atoms with Crippen molar-refractivity contribution in [3.05, 3.63) is 42.5 Å². The summed E-state index contributed by atoms with van der Waals surface area (Å²) in [6, 6.07) is 9.91. The Morgan fingerprint density at radius 1 is 0.704 bits per heavy atom. The molecule has 0 aliphatic carbocycles. The molecular formula is C14H9NNa2O8S2. The number of hydrogen-bond acceptors (Lipinski definition) is 9. The van der Waals surface area contributed by atoms with Crippen LogP contribution in [0.25, 0.3) is 21.5 Å². The molecule has 0 atom stereocenters. The quantitative estimate of drug-likeness (QED) is 0.141.